The quantitative estimate of drug-likeness (QED) is 0.240. The number of imidazole rings is 1. The maximum Gasteiger partial charge on any atom is 0.332 e. The third-order valence-electron chi connectivity index (χ3n) is 6.04. The predicted molar refractivity (Wildman–Crippen MR) is 140 cm³/mol. The molecule has 0 aliphatic carbocycles. The molecule has 0 unspecified atom stereocenters. The first-order valence-electron chi connectivity index (χ1n) is 11.4. The molecule has 0 saturated heterocycles. The minimum atomic E-state index is -0.449. The molecular weight excluding hydrogens is 480 g/mol. The molecule has 0 spiro atoms. The van der Waals surface area contributed by atoms with Crippen molar-refractivity contribution >= 4 is 28.7 Å². The summed E-state index contributed by atoms with van der Waals surface area (Å²) in [4.78, 5) is 43.3. The summed E-state index contributed by atoms with van der Waals surface area (Å²) >= 11 is 1.23. The van der Waals surface area contributed by atoms with Gasteiger partial charge in [0.25, 0.3) is 5.56 Å². The maximum atomic E-state index is 13.1. The first-order valence-corrected chi connectivity index (χ1v) is 12.4. The molecule has 0 N–H and O–H groups in total. The van der Waals surface area contributed by atoms with Gasteiger partial charge >= 0.3 is 5.69 Å². The number of benzene rings is 2. The van der Waals surface area contributed by atoms with Gasteiger partial charge in [0.1, 0.15) is 11.5 Å². The molecule has 0 aliphatic rings. The number of aromatic nitrogens is 4. The van der Waals surface area contributed by atoms with Crippen LogP contribution in [-0.4, -0.2) is 44.4 Å². The normalized spacial score (nSPS) is 11.1. The molecule has 0 fully saturated rings. The molecule has 0 amide bonds. The molecule has 0 aliphatic heterocycles. The van der Waals surface area contributed by atoms with Crippen LogP contribution in [0.25, 0.3) is 11.2 Å². The van der Waals surface area contributed by atoms with Crippen LogP contribution in [0.4, 0.5) is 0 Å². The monoisotopic (exact) mass is 508 g/mol. The Hall–Kier alpha value is -3.79. The third-order valence-corrected chi connectivity index (χ3v) is 7.02. The summed E-state index contributed by atoms with van der Waals surface area (Å²) in [7, 11) is 6.09. The molecule has 188 valence electrons. The van der Waals surface area contributed by atoms with E-state index in [0.717, 1.165) is 17.4 Å². The number of fused-ring (bicyclic) bond motifs is 1. The largest absolute Gasteiger partial charge is 0.497 e. The average molecular weight is 509 g/mol. The lowest BCUT2D eigenvalue weighted by molar-refractivity contribution is 0.101. The van der Waals surface area contributed by atoms with E-state index in [-0.39, 0.29) is 11.5 Å². The fourth-order valence-electron chi connectivity index (χ4n) is 4.07. The zero-order valence-electron chi connectivity index (χ0n) is 20.7. The number of hydrogen-bond acceptors (Lipinski definition) is 7. The molecule has 10 heteroatoms. The van der Waals surface area contributed by atoms with Crippen LogP contribution < -0.4 is 20.7 Å². The molecule has 2 aromatic carbocycles. The summed E-state index contributed by atoms with van der Waals surface area (Å²) in [6.45, 7) is 0.512. The number of hydrogen-bond donors (Lipinski definition) is 0. The van der Waals surface area contributed by atoms with E-state index in [1.54, 1.807) is 25.2 Å². The van der Waals surface area contributed by atoms with Crippen LogP contribution >= 0.6 is 11.8 Å². The average Bonchev–Trinajstić information content (AvgIpc) is 3.28. The lowest BCUT2D eigenvalue weighted by Crippen LogP contribution is -2.37. The highest BCUT2D eigenvalue weighted by Crippen LogP contribution is 2.28. The lowest BCUT2D eigenvalue weighted by Gasteiger charge is -2.11. The van der Waals surface area contributed by atoms with Crippen molar-refractivity contribution in [2.24, 2.45) is 14.1 Å². The Morgan fingerprint density at radius 2 is 1.75 bits per heavy atom. The highest BCUT2D eigenvalue weighted by molar-refractivity contribution is 7.99. The number of methoxy groups -OCH3 is 2. The Morgan fingerprint density at radius 3 is 2.44 bits per heavy atom. The van der Waals surface area contributed by atoms with E-state index >= 15 is 0 Å². The van der Waals surface area contributed by atoms with E-state index in [0.29, 0.717) is 39.9 Å². The smallest absolute Gasteiger partial charge is 0.332 e. The van der Waals surface area contributed by atoms with E-state index < -0.39 is 11.2 Å². The number of thioether (sulfide) groups is 1. The minimum Gasteiger partial charge on any atom is -0.497 e. The van der Waals surface area contributed by atoms with Gasteiger partial charge in [-0.25, -0.2) is 9.78 Å². The number of Topliss-reactive ketones (excluding diaryl/α,β-unsaturated/α-hetero) is 1. The van der Waals surface area contributed by atoms with Gasteiger partial charge in [0.05, 0.1) is 25.5 Å². The van der Waals surface area contributed by atoms with Crippen molar-refractivity contribution in [3.05, 3.63) is 80.5 Å². The van der Waals surface area contributed by atoms with E-state index in [9.17, 15) is 14.4 Å². The number of carbonyl (C=O) groups excluding carboxylic acids is 1. The molecule has 36 heavy (non-hydrogen) atoms. The van der Waals surface area contributed by atoms with E-state index in [2.05, 4.69) is 17.1 Å². The van der Waals surface area contributed by atoms with Gasteiger partial charge in [-0.05, 0) is 36.6 Å². The molecular formula is C26H28N4O5S. The molecule has 4 rings (SSSR count). The van der Waals surface area contributed by atoms with Crippen LogP contribution in [0.2, 0.25) is 0 Å². The lowest BCUT2D eigenvalue weighted by atomic mass is 10.1. The van der Waals surface area contributed by atoms with Crippen molar-refractivity contribution in [2.75, 3.05) is 20.0 Å². The molecule has 0 radical (unpaired) electrons. The zero-order chi connectivity index (χ0) is 25.8. The molecule has 9 nitrogen and oxygen atoms in total. The van der Waals surface area contributed by atoms with Crippen molar-refractivity contribution in [1.29, 1.82) is 0 Å². The summed E-state index contributed by atoms with van der Waals surface area (Å²) in [6, 6.07) is 15.1. The molecule has 2 aromatic heterocycles. The summed E-state index contributed by atoms with van der Waals surface area (Å²) in [6.07, 6.45) is 1.57. The predicted octanol–water partition coefficient (Wildman–Crippen LogP) is 3.06. The third kappa shape index (κ3) is 4.94. The van der Waals surface area contributed by atoms with Crippen molar-refractivity contribution < 1.29 is 14.3 Å². The van der Waals surface area contributed by atoms with Crippen LogP contribution in [0.5, 0.6) is 11.5 Å². The number of nitrogens with zero attached hydrogens (tertiary/aromatic N) is 4. The van der Waals surface area contributed by atoms with Gasteiger partial charge < -0.3 is 14.0 Å². The van der Waals surface area contributed by atoms with Gasteiger partial charge in [0.15, 0.2) is 22.1 Å². The molecule has 0 atom stereocenters. The standard InChI is InChI=1S/C26H28N4O5S/c1-28-23-22(24(32)29(2)26(28)33)30(14-8-11-17-9-6-5-7-10-17)25(27-23)36-16-20(31)19-15-18(34-3)12-13-21(19)35-4/h5-7,9-10,12-13,15H,8,11,14,16H2,1-4H3. The molecule has 2 heterocycles. The van der Waals surface area contributed by atoms with Crippen LogP contribution in [0.3, 0.4) is 0 Å². The summed E-state index contributed by atoms with van der Waals surface area (Å²) in [5.74, 6) is 0.907. The van der Waals surface area contributed by atoms with Crippen molar-refractivity contribution in [2.45, 2.75) is 24.5 Å². The highest BCUT2D eigenvalue weighted by Gasteiger charge is 2.21. The Bertz CT molecular complexity index is 1520. The van der Waals surface area contributed by atoms with Gasteiger partial charge in [0, 0.05) is 20.6 Å². The van der Waals surface area contributed by atoms with Crippen LogP contribution in [-0.2, 0) is 27.1 Å². The second kappa shape index (κ2) is 10.9. The Balaban J connectivity index is 1.67. The van der Waals surface area contributed by atoms with Gasteiger partial charge in [-0.1, -0.05) is 42.1 Å². The highest BCUT2D eigenvalue weighted by atomic mass is 32.2. The number of ether oxygens (including phenoxy) is 2. The van der Waals surface area contributed by atoms with Crippen LogP contribution in [0, 0.1) is 0 Å². The Labute approximate surface area is 212 Å². The van der Waals surface area contributed by atoms with Crippen LogP contribution in [0.1, 0.15) is 22.3 Å². The second-order valence-electron chi connectivity index (χ2n) is 8.29. The number of aryl methyl sites for hydroxylation is 3. The first-order chi connectivity index (χ1) is 17.3. The summed E-state index contributed by atoms with van der Waals surface area (Å²) in [5, 5.41) is 0.506. The summed E-state index contributed by atoms with van der Waals surface area (Å²) in [5.41, 5.74) is 1.39. The molecule has 4 aromatic rings. The van der Waals surface area contributed by atoms with Gasteiger partial charge in [-0.3, -0.25) is 18.7 Å². The van der Waals surface area contributed by atoms with E-state index in [1.807, 2.05) is 22.8 Å². The number of ketones is 1. The Kier molecular flexibility index (Phi) is 7.64. The zero-order valence-corrected chi connectivity index (χ0v) is 21.5. The van der Waals surface area contributed by atoms with Gasteiger partial charge in [-0.15, -0.1) is 0 Å². The van der Waals surface area contributed by atoms with Crippen LogP contribution in [0.15, 0.2) is 63.3 Å². The Morgan fingerprint density at radius 1 is 1.00 bits per heavy atom. The summed E-state index contributed by atoms with van der Waals surface area (Å²) < 4.78 is 14.9. The second-order valence-corrected chi connectivity index (χ2v) is 9.23. The minimum absolute atomic E-state index is 0.0692. The number of carbonyl (C=O) groups is 1. The topological polar surface area (TPSA) is 97.4 Å². The van der Waals surface area contributed by atoms with Gasteiger partial charge in [-0.2, -0.15) is 0 Å². The van der Waals surface area contributed by atoms with Gasteiger partial charge in [0.2, 0.25) is 0 Å². The fourth-order valence-corrected chi connectivity index (χ4v) is 4.98. The van der Waals surface area contributed by atoms with E-state index in [4.69, 9.17) is 9.47 Å². The van der Waals surface area contributed by atoms with E-state index in [1.165, 1.54) is 43.2 Å². The van der Waals surface area contributed by atoms with Crippen molar-refractivity contribution in [1.82, 2.24) is 18.7 Å². The molecule has 0 saturated carbocycles. The fraction of sp³-hybridized carbons (Fsp3) is 0.308. The number of rotatable bonds is 10. The molecule has 0 bridgehead atoms. The van der Waals surface area contributed by atoms with Crippen molar-refractivity contribution in [3.63, 3.8) is 0 Å². The SMILES string of the molecule is COc1ccc(OC)c(C(=O)CSc2nc3c(c(=O)n(C)c(=O)n3C)n2CCCc2ccccc2)c1. The first kappa shape index (κ1) is 25.3. The maximum absolute atomic E-state index is 13.1. The van der Waals surface area contributed by atoms with Crippen molar-refractivity contribution in [3.8, 4) is 11.5 Å².